The Labute approximate surface area is 107 Å². The van der Waals surface area contributed by atoms with Gasteiger partial charge in [-0.1, -0.05) is 30.3 Å². The summed E-state index contributed by atoms with van der Waals surface area (Å²) in [7, 11) is 0. The number of halogens is 1. The van der Waals surface area contributed by atoms with E-state index >= 15 is 0 Å². The lowest BCUT2D eigenvalue weighted by Crippen LogP contribution is -2.13. The van der Waals surface area contributed by atoms with Crippen molar-refractivity contribution in [2.45, 2.75) is 13.0 Å². The molecular weight excluding hydrogens is 284 g/mol. The Bertz CT molecular complexity index is 537. The molecule has 1 N–H and O–H groups in total. The number of hydrogen-bond acceptors (Lipinski definition) is 2. The molecule has 1 heterocycles. The van der Waals surface area contributed by atoms with E-state index < -0.39 is 5.97 Å². The van der Waals surface area contributed by atoms with Gasteiger partial charge in [0.05, 0.1) is 12.4 Å². The smallest absolute Gasteiger partial charge is 0.355 e. The number of benzene rings is 1. The number of aromatic nitrogens is 2. The topological polar surface area (TPSA) is 55.1 Å². The van der Waals surface area contributed by atoms with Crippen LogP contribution in [-0.4, -0.2) is 20.6 Å². The van der Waals surface area contributed by atoms with Gasteiger partial charge in [0.1, 0.15) is 4.60 Å². The normalized spacial score (nSPS) is 12.4. The van der Waals surface area contributed by atoms with Crippen molar-refractivity contribution in [3.05, 3.63) is 52.5 Å². The third-order valence-electron chi connectivity index (χ3n) is 2.65. The van der Waals surface area contributed by atoms with Crippen LogP contribution in [0.5, 0.6) is 0 Å². The number of aromatic carboxylic acids is 1. The van der Waals surface area contributed by atoms with Crippen LogP contribution in [0.15, 0.2) is 41.3 Å². The van der Waals surface area contributed by atoms with Crippen LogP contribution in [-0.2, 0) is 0 Å². The Morgan fingerprint density at radius 3 is 2.65 bits per heavy atom. The van der Waals surface area contributed by atoms with Crippen molar-refractivity contribution in [2.24, 2.45) is 0 Å². The van der Waals surface area contributed by atoms with Crippen molar-refractivity contribution >= 4 is 21.9 Å². The predicted molar refractivity (Wildman–Crippen MR) is 67.1 cm³/mol. The fourth-order valence-corrected chi connectivity index (χ4v) is 2.19. The molecule has 0 saturated carbocycles. The molecule has 0 unspecified atom stereocenters. The second kappa shape index (κ2) is 4.71. The Hall–Kier alpha value is -1.62. The van der Waals surface area contributed by atoms with Gasteiger partial charge in [-0.25, -0.2) is 9.78 Å². The zero-order chi connectivity index (χ0) is 12.4. The van der Waals surface area contributed by atoms with Crippen molar-refractivity contribution in [3.8, 4) is 0 Å². The van der Waals surface area contributed by atoms with Crippen molar-refractivity contribution < 1.29 is 9.90 Å². The van der Waals surface area contributed by atoms with Gasteiger partial charge < -0.3 is 9.67 Å². The first-order valence-electron chi connectivity index (χ1n) is 5.12. The largest absolute Gasteiger partial charge is 0.476 e. The molecule has 1 atom stereocenters. The molecule has 0 aliphatic carbocycles. The van der Waals surface area contributed by atoms with Crippen LogP contribution in [0, 0.1) is 0 Å². The molecule has 0 amide bonds. The van der Waals surface area contributed by atoms with E-state index in [1.54, 1.807) is 4.57 Å². The van der Waals surface area contributed by atoms with Gasteiger partial charge in [0.25, 0.3) is 0 Å². The Morgan fingerprint density at radius 2 is 2.06 bits per heavy atom. The molecule has 88 valence electrons. The lowest BCUT2D eigenvalue weighted by atomic mass is 10.1. The predicted octanol–water partition coefficient (Wildman–Crippen LogP) is 2.95. The average Bonchev–Trinajstić information content (AvgIpc) is 2.71. The zero-order valence-corrected chi connectivity index (χ0v) is 10.8. The summed E-state index contributed by atoms with van der Waals surface area (Å²) < 4.78 is 2.00. The second-order valence-corrected chi connectivity index (χ2v) is 4.43. The maximum absolute atomic E-state index is 11.1. The van der Waals surface area contributed by atoms with Gasteiger partial charge in [0.2, 0.25) is 0 Å². The molecule has 0 radical (unpaired) electrons. The molecule has 0 aliphatic rings. The maximum Gasteiger partial charge on any atom is 0.355 e. The maximum atomic E-state index is 11.1. The second-order valence-electron chi connectivity index (χ2n) is 3.68. The first kappa shape index (κ1) is 11.9. The summed E-state index contributed by atoms with van der Waals surface area (Å²) in [5.41, 5.74) is 1.21. The van der Waals surface area contributed by atoms with Crippen LogP contribution in [0.1, 0.15) is 29.0 Å². The highest BCUT2D eigenvalue weighted by Gasteiger charge is 2.20. The van der Waals surface area contributed by atoms with Crippen molar-refractivity contribution in [3.63, 3.8) is 0 Å². The Balaban J connectivity index is 2.45. The molecule has 0 bridgehead atoms. The van der Waals surface area contributed by atoms with Gasteiger partial charge in [0, 0.05) is 0 Å². The fraction of sp³-hybridized carbons (Fsp3) is 0.167. The summed E-state index contributed by atoms with van der Waals surface area (Å²) in [5, 5.41) is 9.14. The number of carboxylic acid groups (broad SMARTS) is 1. The summed E-state index contributed by atoms with van der Waals surface area (Å²) in [5.74, 6) is -0.989. The van der Waals surface area contributed by atoms with E-state index in [0.717, 1.165) is 5.56 Å². The molecule has 0 fully saturated rings. The van der Waals surface area contributed by atoms with Crippen LogP contribution < -0.4 is 0 Å². The highest BCUT2D eigenvalue weighted by atomic mass is 79.9. The SMILES string of the molecule is C[C@H](c1ccccc1)n1cnc(Br)c1C(=O)O. The summed E-state index contributed by atoms with van der Waals surface area (Å²) in [4.78, 5) is 15.1. The molecule has 1 aromatic carbocycles. The van der Waals surface area contributed by atoms with Crippen molar-refractivity contribution in [1.29, 1.82) is 0 Å². The van der Waals surface area contributed by atoms with Crippen molar-refractivity contribution in [1.82, 2.24) is 9.55 Å². The lowest BCUT2D eigenvalue weighted by Gasteiger charge is -2.15. The van der Waals surface area contributed by atoms with Crippen LogP contribution >= 0.6 is 15.9 Å². The van der Waals surface area contributed by atoms with E-state index in [4.69, 9.17) is 5.11 Å². The van der Waals surface area contributed by atoms with Gasteiger partial charge in [-0.05, 0) is 28.4 Å². The average molecular weight is 295 g/mol. The van der Waals surface area contributed by atoms with Gasteiger partial charge in [-0.15, -0.1) is 0 Å². The van der Waals surface area contributed by atoms with E-state index in [-0.39, 0.29) is 11.7 Å². The van der Waals surface area contributed by atoms with E-state index in [1.165, 1.54) is 6.33 Å². The number of carboxylic acids is 1. The molecule has 0 saturated heterocycles. The Morgan fingerprint density at radius 1 is 1.41 bits per heavy atom. The van der Waals surface area contributed by atoms with Crippen LogP contribution in [0.4, 0.5) is 0 Å². The molecule has 0 spiro atoms. The first-order chi connectivity index (χ1) is 8.11. The molecule has 0 aliphatic heterocycles. The standard InChI is InChI=1S/C12H11BrN2O2/c1-8(9-5-3-2-4-6-9)15-7-14-11(13)10(15)12(16)17/h2-8H,1H3,(H,16,17)/t8-/m1/s1. The number of hydrogen-bond donors (Lipinski definition) is 1. The monoisotopic (exact) mass is 294 g/mol. The van der Waals surface area contributed by atoms with Crippen molar-refractivity contribution in [2.75, 3.05) is 0 Å². The minimum Gasteiger partial charge on any atom is -0.476 e. The molecule has 2 rings (SSSR count). The first-order valence-corrected chi connectivity index (χ1v) is 5.91. The highest BCUT2D eigenvalue weighted by Crippen LogP contribution is 2.23. The van der Waals surface area contributed by atoms with Gasteiger partial charge in [0.15, 0.2) is 5.69 Å². The summed E-state index contributed by atoms with van der Waals surface area (Å²) in [6.45, 7) is 1.94. The molecule has 2 aromatic rings. The third kappa shape index (κ3) is 2.24. The zero-order valence-electron chi connectivity index (χ0n) is 9.17. The number of nitrogens with zero attached hydrogens (tertiary/aromatic N) is 2. The minimum absolute atomic E-state index is 0.0684. The van der Waals surface area contributed by atoms with Gasteiger partial charge in [-0.2, -0.15) is 0 Å². The fourth-order valence-electron chi connectivity index (χ4n) is 1.72. The lowest BCUT2D eigenvalue weighted by molar-refractivity contribution is 0.0683. The Kier molecular flexibility index (Phi) is 3.28. The third-order valence-corrected chi connectivity index (χ3v) is 3.23. The minimum atomic E-state index is -0.989. The van der Waals surface area contributed by atoms with Crippen LogP contribution in [0.2, 0.25) is 0 Å². The summed E-state index contributed by atoms with van der Waals surface area (Å²) in [6.07, 6.45) is 1.53. The molecule has 4 nitrogen and oxygen atoms in total. The van der Waals surface area contributed by atoms with Crippen LogP contribution in [0.3, 0.4) is 0 Å². The number of imidazole rings is 1. The van der Waals surface area contributed by atoms with E-state index in [0.29, 0.717) is 4.60 Å². The van der Waals surface area contributed by atoms with E-state index in [2.05, 4.69) is 20.9 Å². The van der Waals surface area contributed by atoms with Gasteiger partial charge >= 0.3 is 5.97 Å². The van der Waals surface area contributed by atoms with E-state index in [1.807, 2.05) is 37.3 Å². The molecule has 1 aromatic heterocycles. The van der Waals surface area contributed by atoms with E-state index in [9.17, 15) is 4.79 Å². The highest BCUT2D eigenvalue weighted by molar-refractivity contribution is 9.10. The molecule has 5 heteroatoms. The van der Waals surface area contributed by atoms with Crippen LogP contribution in [0.25, 0.3) is 0 Å². The summed E-state index contributed by atoms with van der Waals surface area (Å²) >= 11 is 3.15. The number of rotatable bonds is 3. The molecular formula is C12H11BrN2O2. The van der Waals surface area contributed by atoms with Gasteiger partial charge in [-0.3, -0.25) is 0 Å². The molecule has 17 heavy (non-hydrogen) atoms. The quantitative estimate of drug-likeness (QED) is 0.947. The number of carbonyl (C=O) groups is 1. The summed E-state index contributed by atoms with van der Waals surface area (Å²) in [6, 6.07) is 9.64.